The fourth-order valence-electron chi connectivity index (χ4n) is 1.54. The van der Waals surface area contributed by atoms with E-state index < -0.39 is 48.7 Å². The predicted molar refractivity (Wildman–Crippen MR) is 58.1 cm³/mol. The summed E-state index contributed by atoms with van der Waals surface area (Å²) in [5.74, 6) is -11.8. The highest BCUT2D eigenvalue weighted by Gasteiger charge is 2.34. The van der Waals surface area contributed by atoms with Gasteiger partial charge in [-0.3, -0.25) is 0 Å². The highest BCUT2D eigenvalue weighted by Crippen LogP contribution is 2.30. The van der Waals surface area contributed by atoms with Gasteiger partial charge in [0.05, 0.1) is 4.90 Å². The van der Waals surface area contributed by atoms with E-state index in [-0.39, 0.29) is 0 Å². The monoisotopic (exact) mass is 308 g/mol. The van der Waals surface area contributed by atoms with E-state index in [2.05, 4.69) is 0 Å². The van der Waals surface area contributed by atoms with Crippen molar-refractivity contribution in [1.82, 2.24) is 0 Å². The SMILES string of the molecule is O=S(=O)(c1ccccc1)c1c(F)c(F)c(F)c(F)c1F. The Morgan fingerprint density at radius 2 is 1.05 bits per heavy atom. The molecular formula is C12H5F5O2S. The first-order valence-electron chi connectivity index (χ1n) is 5.10. The van der Waals surface area contributed by atoms with Gasteiger partial charge in [0, 0.05) is 0 Å². The fourth-order valence-corrected chi connectivity index (χ4v) is 2.94. The summed E-state index contributed by atoms with van der Waals surface area (Å²) < 4.78 is 89.8. The van der Waals surface area contributed by atoms with Crippen molar-refractivity contribution in [3.8, 4) is 0 Å². The van der Waals surface area contributed by atoms with E-state index in [4.69, 9.17) is 0 Å². The Kier molecular flexibility index (Phi) is 3.51. The van der Waals surface area contributed by atoms with Gasteiger partial charge in [-0.05, 0) is 12.1 Å². The van der Waals surface area contributed by atoms with Crippen molar-refractivity contribution in [1.29, 1.82) is 0 Å². The van der Waals surface area contributed by atoms with E-state index in [1.165, 1.54) is 18.2 Å². The number of hydrogen-bond acceptors (Lipinski definition) is 2. The van der Waals surface area contributed by atoms with Crippen LogP contribution in [0.5, 0.6) is 0 Å². The van der Waals surface area contributed by atoms with Gasteiger partial charge in [-0.15, -0.1) is 0 Å². The highest BCUT2D eigenvalue weighted by atomic mass is 32.2. The number of rotatable bonds is 2. The van der Waals surface area contributed by atoms with Crippen LogP contribution >= 0.6 is 0 Å². The molecule has 0 aliphatic heterocycles. The zero-order valence-electron chi connectivity index (χ0n) is 9.50. The summed E-state index contributed by atoms with van der Waals surface area (Å²) in [4.78, 5) is -2.44. The molecule has 2 aromatic carbocycles. The minimum Gasteiger partial charge on any atom is -0.218 e. The molecule has 0 aliphatic rings. The van der Waals surface area contributed by atoms with Crippen LogP contribution in [0.15, 0.2) is 40.1 Å². The van der Waals surface area contributed by atoms with Crippen molar-refractivity contribution in [2.24, 2.45) is 0 Å². The van der Waals surface area contributed by atoms with Crippen molar-refractivity contribution in [3.63, 3.8) is 0 Å². The molecule has 0 N–H and O–H groups in total. The van der Waals surface area contributed by atoms with E-state index >= 15 is 0 Å². The van der Waals surface area contributed by atoms with E-state index in [1.807, 2.05) is 0 Å². The Hall–Kier alpha value is -1.96. The third-order valence-electron chi connectivity index (χ3n) is 2.49. The molecule has 0 fully saturated rings. The summed E-state index contributed by atoms with van der Waals surface area (Å²) in [6.45, 7) is 0. The maximum atomic E-state index is 13.5. The zero-order valence-corrected chi connectivity index (χ0v) is 10.3. The van der Waals surface area contributed by atoms with Gasteiger partial charge >= 0.3 is 0 Å². The van der Waals surface area contributed by atoms with Gasteiger partial charge in [0.1, 0.15) is 4.90 Å². The fraction of sp³-hybridized carbons (Fsp3) is 0. The molecule has 106 valence electrons. The summed E-state index contributed by atoms with van der Waals surface area (Å²) in [6, 6.07) is 5.89. The van der Waals surface area contributed by atoms with Crippen molar-refractivity contribution in [2.45, 2.75) is 9.79 Å². The summed E-state index contributed by atoms with van der Waals surface area (Å²) >= 11 is 0. The second-order valence-electron chi connectivity index (χ2n) is 3.72. The molecular weight excluding hydrogens is 303 g/mol. The Labute approximate surface area is 110 Å². The Bertz CT molecular complexity index is 743. The molecule has 0 saturated heterocycles. The van der Waals surface area contributed by atoms with Crippen LogP contribution in [0.1, 0.15) is 0 Å². The highest BCUT2D eigenvalue weighted by molar-refractivity contribution is 7.91. The van der Waals surface area contributed by atoms with Crippen molar-refractivity contribution < 1.29 is 30.4 Å². The third-order valence-corrected chi connectivity index (χ3v) is 4.28. The molecule has 0 heterocycles. The van der Waals surface area contributed by atoms with Crippen LogP contribution in [0, 0.1) is 29.1 Å². The first-order chi connectivity index (χ1) is 9.28. The van der Waals surface area contributed by atoms with Crippen LogP contribution in [0.3, 0.4) is 0 Å². The number of hydrogen-bond donors (Lipinski definition) is 0. The maximum absolute atomic E-state index is 13.5. The first kappa shape index (κ1) is 14.4. The minimum atomic E-state index is -4.86. The summed E-state index contributed by atoms with van der Waals surface area (Å²) in [7, 11) is -4.86. The van der Waals surface area contributed by atoms with Crippen LogP contribution in [0.4, 0.5) is 22.0 Å². The molecule has 2 rings (SSSR count). The average Bonchev–Trinajstić information content (AvgIpc) is 2.44. The second kappa shape index (κ2) is 4.86. The average molecular weight is 308 g/mol. The van der Waals surface area contributed by atoms with E-state index in [0.717, 1.165) is 12.1 Å². The molecule has 0 aliphatic carbocycles. The molecule has 2 nitrogen and oxygen atoms in total. The van der Waals surface area contributed by atoms with Gasteiger partial charge in [0.15, 0.2) is 23.3 Å². The molecule has 0 saturated carbocycles. The van der Waals surface area contributed by atoms with Gasteiger partial charge in [0.2, 0.25) is 15.7 Å². The van der Waals surface area contributed by atoms with Crippen LogP contribution in [-0.2, 0) is 9.84 Å². The number of halogens is 5. The topological polar surface area (TPSA) is 34.1 Å². The van der Waals surface area contributed by atoms with E-state index in [0.29, 0.717) is 0 Å². The summed E-state index contributed by atoms with van der Waals surface area (Å²) in [6.07, 6.45) is 0. The maximum Gasteiger partial charge on any atom is 0.212 e. The molecule has 0 unspecified atom stereocenters. The zero-order chi connectivity index (χ0) is 15.1. The van der Waals surface area contributed by atoms with Gasteiger partial charge in [-0.2, -0.15) is 0 Å². The smallest absolute Gasteiger partial charge is 0.212 e. The normalized spacial score (nSPS) is 11.7. The van der Waals surface area contributed by atoms with Crippen LogP contribution in [-0.4, -0.2) is 8.42 Å². The quantitative estimate of drug-likeness (QED) is 0.369. The number of benzene rings is 2. The summed E-state index contributed by atoms with van der Waals surface area (Å²) in [5.41, 5.74) is 0. The van der Waals surface area contributed by atoms with Crippen LogP contribution in [0.25, 0.3) is 0 Å². The van der Waals surface area contributed by atoms with Gasteiger partial charge in [-0.25, -0.2) is 30.4 Å². The molecule has 0 aromatic heterocycles. The molecule has 0 amide bonds. The Balaban J connectivity index is 2.84. The second-order valence-corrected chi connectivity index (χ2v) is 5.60. The molecule has 2 aromatic rings. The standard InChI is InChI=1S/C12H5F5O2S/c13-7-8(14)10(16)12(11(17)9(7)15)20(18,19)6-4-2-1-3-5-6/h1-5H. The molecule has 8 heteroatoms. The van der Waals surface area contributed by atoms with Gasteiger partial charge in [-0.1, -0.05) is 18.2 Å². The van der Waals surface area contributed by atoms with Crippen LogP contribution in [0.2, 0.25) is 0 Å². The van der Waals surface area contributed by atoms with Crippen molar-refractivity contribution in [3.05, 3.63) is 59.4 Å². The molecule has 0 spiro atoms. The molecule has 20 heavy (non-hydrogen) atoms. The lowest BCUT2D eigenvalue weighted by atomic mass is 10.3. The van der Waals surface area contributed by atoms with Crippen molar-refractivity contribution in [2.75, 3.05) is 0 Å². The molecule has 0 bridgehead atoms. The number of sulfone groups is 1. The van der Waals surface area contributed by atoms with E-state index in [1.54, 1.807) is 0 Å². The first-order valence-corrected chi connectivity index (χ1v) is 6.58. The minimum absolute atomic E-state index is 0.580. The van der Waals surface area contributed by atoms with E-state index in [9.17, 15) is 30.4 Å². The lowest BCUT2D eigenvalue weighted by molar-refractivity contribution is 0.357. The van der Waals surface area contributed by atoms with Crippen LogP contribution < -0.4 is 0 Å². The summed E-state index contributed by atoms with van der Waals surface area (Å²) in [5, 5.41) is 0. The lowest BCUT2D eigenvalue weighted by Crippen LogP contribution is -2.13. The Morgan fingerprint density at radius 1 is 0.650 bits per heavy atom. The lowest BCUT2D eigenvalue weighted by Gasteiger charge is -2.09. The van der Waals surface area contributed by atoms with Gasteiger partial charge < -0.3 is 0 Å². The predicted octanol–water partition coefficient (Wildman–Crippen LogP) is 3.21. The largest absolute Gasteiger partial charge is 0.218 e. The molecule has 0 atom stereocenters. The third kappa shape index (κ3) is 2.05. The van der Waals surface area contributed by atoms with Crippen molar-refractivity contribution >= 4 is 9.84 Å². The molecule has 0 radical (unpaired) electrons. The Morgan fingerprint density at radius 3 is 1.50 bits per heavy atom. The van der Waals surface area contributed by atoms with Gasteiger partial charge in [0.25, 0.3) is 0 Å².